The summed E-state index contributed by atoms with van der Waals surface area (Å²) in [7, 11) is 0. The highest BCUT2D eigenvalue weighted by atomic mass is 16.4. The lowest BCUT2D eigenvalue weighted by Crippen LogP contribution is -2.42. The molecule has 0 radical (unpaired) electrons. The van der Waals surface area contributed by atoms with Gasteiger partial charge in [-0.25, -0.2) is 4.98 Å². The number of rotatable bonds is 3. The Morgan fingerprint density at radius 1 is 1.42 bits per heavy atom. The molecule has 5 heteroatoms. The van der Waals surface area contributed by atoms with Gasteiger partial charge in [-0.3, -0.25) is 10.1 Å². The molecule has 0 spiro atoms. The van der Waals surface area contributed by atoms with E-state index in [0.717, 1.165) is 18.2 Å². The minimum atomic E-state index is -0.785. The zero-order valence-corrected chi connectivity index (χ0v) is 11.1. The van der Waals surface area contributed by atoms with Crippen LogP contribution >= 0.6 is 0 Å². The Labute approximate surface area is 113 Å². The summed E-state index contributed by atoms with van der Waals surface area (Å²) in [6, 6.07) is -0.481. The Morgan fingerprint density at radius 3 is 2.95 bits per heavy atom. The Bertz CT molecular complexity index is 463. The third kappa shape index (κ3) is 2.66. The number of carboxylic acid groups (broad SMARTS) is 1. The fourth-order valence-corrected chi connectivity index (χ4v) is 3.29. The molecule has 1 aliphatic carbocycles. The Hall–Kier alpha value is -1.36. The molecule has 0 bridgehead atoms. The third-order valence-electron chi connectivity index (χ3n) is 4.42. The lowest BCUT2D eigenvalue weighted by atomic mass is 9.89. The first kappa shape index (κ1) is 12.7. The van der Waals surface area contributed by atoms with Gasteiger partial charge in [0.15, 0.2) is 0 Å². The van der Waals surface area contributed by atoms with E-state index in [1.54, 1.807) is 0 Å². The van der Waals surface area contributed by atoms with Gasteiger partial charge in [-0.15, -0.1) is 0 Å². The van der Waals surface area contributed by atoms with Crippen LogP contribution in [0.4, 0.5) is 0 Å². The van der Waals surface area contributed by atoms with Crippen LogP contribution in [0.15, 0.2) is 6.33 Å². The molecule has 1 aromatic rings. The van der Waals surface area contributed by atoms with Crippen molar-refractivity contribution in [3.63, 3.8) is 0 Å². The number of nitrogens with zero attached hydrogens (tertiary/aromatic N) is 2. The molecule has 0 saturated heterocycles. The number of nitrogens with one attached hydrogen (secondary N) is 1. The largest absolute Gasteiger partial charge is 0.480 e. The smallest absolute Gasteiger partial charge is 0.321 e. The summed E-state index contributed by atoms with van der Waals surface area (Å²) in [5, 5.41) is 12.1. The van der Waals surface area contributed by atoms with E-state index in [9.17, 15) is 4.79 Å². The first-order valence-electron chi connectivity index (χ1n) is 7.23. The summed E-state index contributed by atoms with van der Waals surface area (Å²) in [5.74, 6) is -0.0169. The molecule has 1 atom stereocenters. The molecule has 1 unspecified atom stereocenters. The standard InChI is InChI=1S/C14H21N3O2/c18-14(19)12-6-11-13(7-15-12)17(9-16-11)8-10-4-2-1-3-5-10/h9-10,12,15H,1-8H2,(H,18,19). The van der Waals surface area contributed by atoms with Crippen molar-refractivity contribution in [2.24, 2.45) is 5.92 Å². The van der Waals surface area contributed by atoms with Gasteiger partial charge in [0.05, 0.1) is 17.7 Å². The molecular weight excluding hydrogens is 242 g/mol. The summed E-state index contributed by atoms with van der Waals surface area (Å²) in [4.78, 5) is 15.4. The van der Waals surface area contributed by atoms with Crippen molar-refractivity contribution >= 4 is 5.97 Å². The molecule has 2 N–H and O–H groups in total. The number of carbonyl (C=O) groups is 1. The molecule has 2 heterocycles. The molecule has 1 fully saturated rings. The maximum absolute atomic E-state index is 11.0. The molecule has 0 aromatic carbocycles. The second kappa shape index (κ2) is 5.33. The van der Waals surface area contributed by atoms with E-state index >= 15 is 0 Å². The zero-order valence-electron chi connectivity index (χ0n) is 11.1. The third-order valence-corrected chi connectivity index (χ3v) is 4.42. The van der Waals surface area contributed by atoms with Crippen molar-refractivity contribution in [3.8, 4) is 0 Å². The maximum Gasteiger partial charge on any atom is 0.321 e. The van der Waals surface area contributed by atoms with Gasteiger partial charge in [0.25, 0.3) is 0 Å². The number of carboxylic acids is 1. The lowest BCUT2D eigenvalue weighted by Gasteiger charge is -2.25. The topological polar surface area (TPSA) is 67.1 Å². The fourth-order valence-electron chi connectivity index (χ4n) is 3.29. The van der Waals surface area contributed by atoms with Crippen LogP contribution < -0.4 is 5.32 Å². The summed E-state index contributed by atoms with van der Waals surface area (Å²) >= 11 is 0. The quantitative estimate of drug-likeness (QED) is 0.868. The second-order valence-corrected chi connectivity index (χ2v) is 5.77. The highest BCUT2D eigenvalue weighted by molar-refractivity contribution is 5.74. The molecule has 1 saturated carbocycles. The van der Waals surface area contributed by atoms with Gasteiger partial charge in [0.1, 0.15) is 6.04 Å². The van der Waals surface area contributed by atoms with Crippen LogP contribution in [0.1, 0.15) is 43.5 Å². The minimum absolute atomic E-state index is 0.481. The van der Waals surface area contributed by atoms with Gasteiger partial charge in [0.2, 0.25) is 0 Å². The Morgan fingerprint density at radius 2 is 2.21 bits per heavy atom. The van der Waals surface area contributed by atoms with Crippen molar-refractivity contribution in [2.45, 2.75) is 57.7 Å². The molecule has 5 nitrogen and oxygen atoms in total. The predicted molar refractivity (Wildman–Crippen MR) is 70.8 cm³/mol. The highest BCUT2D eigenvalue weighted by Crippen LogP contribution is 2.26. The minimum Gasteiger partial charge on any atom is -0.480 e. The zero-order chi connectivity index (χ0) is 13.2. The van der Waals surface area contributed by atoms with Crippen molar-refractivity contribution in [1.29, 1.82) is 0 Å². The summed E-state index contributed by atoms with van der Waals surface area (Å²) in [5.41, 5.74) is 2.14. The van der Waals surface area contributed by atoms with Crippen LogP contribution in [0.5, 0.6) is 0 Å². The van der Waals surface area contributed by atoms with Crippen molar-refractivity contribution in [1.82, 2.24) is 14.9 Å². The highest BCUT2D eigenvalue weighted by Gasteiger charge is 2.27. The number of fused-ring (bicyclic) bond motifs is 1. The number of aliphatic carboxylic acids is 1. The van der Waals surface area contributed by atoms with Gasteiger partial charge >= 0.3 is 5.97 Å². The SMILES string of the molecule is O=C(O)C1Cc2ncn(CC3CCCCC3)c2CN1. The monoisotopic (exact) mass is 263 g/mol. The van der Waals surface area contributed by atoms with Crippen molar-refractivity contribution in [2.75, 3.05) is 0 Å². The van der Waals surface area contributed by atoms with E-state index in [1.807, 2.05) is 6.33 Å². The summed E-state index contributed by atoms with van der Waals surface area (Å²) in [6.45, 7) is 1.67. The van der Waals surface area contributed by atoms with E-state index in [0.29, 0.717) is 13.0 Å². The van der Waals surface area contributed by atoms with E-state index in [2.05, 4.69) is 14.9 Å². The first-order chi connectivity index (χ1) is 9.24. The number of hydrogen-bond donors (Lipinski definition) is 2. The van der Waals surface area contributed by atoms with Crippen LogP contribution in [-0.4, -0.2) is 26.7 Å². The van der Waals surface area contributed by atoms with Gasteiger partial charge in [-0.2, -0.15) is 0 Å². The summed E-state index contributed by atoms with van der Waals surface area (Å²) < 4.78 is 2.23. The first-order valence-corrected chi connectivity index (χ1v) is 7.23. The van der Waals surface area contributed by atoms with Gasteiger partial charge < -0.3 is 9.67 Å². The molecule has 0 amide bonds. The molecule has 3 rings (SSSR count). The number of aromatic nitrogens is 2. The Balaban J connectivity index is 1.70. The average Bonchev–Trinajstić information content (AvgIpc) is 2.82. The van der Waals surface area contributed by atoms with Crippen LogP contribution in [0.25, 0.3) is 0 Å². The Kier molecular flexibility index (Phi) is 3.55. The average molecular weight is 263 g/mol. The van der Waals surface area contributed by atoms with Crippen LogP contribution in [0, 0.1) is 5.92 Å². The van der Waals surface area contributed by atoms with Gasteiger partial charge in [-0.05, 0) is 18.8 Å². The predicted octanol–water partition coefficient (Wildman–Crippen LogP) is 1.56. The van der Waals surface area contributed by atoms with Crippen LogP contribution in [0.2, 0.25) is 0 Å². The van der Waals surface area contributed by atoms with E-state index in [1.165, 1.54) is 37.8 Å². The van der Waals surface area contributed by atoms with Crippen molar-refractivity contribution < 1.29 is 9.90 Å². The molecule has 1 aliphatic heterocycles. The normalized spacial score (nSPS) is 24.1. The molecule has 104 valence electrons. The van der Waals surface area contributed by atoms with Crippen LogP contribution in [0.3, 0.4) is 0 Å². The molecule has 1 aromatic heterocycles. The van der Waals surface area contributed by atoms with E-state index in [4.69, 9.17) is 5.11 Å². The number of imidazole rings is 1. The van der Waals surface area contributed by atoms with Crippen molar-refractivity contribution in [3.05, 3.63) is 17.7 Å². The molecular formula is C14H21N3O2. The van der Waals surface area contributed by atoms with Crippen LogP contribution in [-0.2, 0) is 24.3 Å². The molecule has 19 heavy (non-hydrogen) atoms. The van der Waals surface area contributed by atoms with E-state index in [-0.39, 0.29) is 0 Å². The maximum atomic E-state index is 11.0. The second-order valence-electron chi connectivity index (χ2n) is 5.77. The molecule has 2 aliphatic rings. The van der Waals surface area contributed by atoms with Gasteiger partial charge in [-0.1, -0.05) is 19.3 Å². The van der Waals surface area contributed by atoms with Gasteiger partial charge in [0, 0.05) is 19.5 Å². The lowest BCUT2D eigenvalue weighted by molar-refractivity contribution is -0.139. The summed E-state index contributed by atoms with van der Waals surface area (Å²) in [6.07, 6.45) is 9.10. The fraction of sp³-hybridized carbons (Fsp3) is 0.714. The van der Waals surface area contributed by atoms with E-state index < -0.39 is 12.0 Å². The number of hydrogen-bond acceptors (Lipinski definition) is 3.